The molecule has 110 valence electrons. The van der Waals surface area contributed by atoms with Gasteiger partial charge in [-0.15, -0.1) is 0 Å². The number of carboxylic acid groups (broad SMARTS) is 1. The second kappa shape index (κ2) is 5.78. The van der Waals surface area contributed by atoms with E-state index in [9.17, 15) is 18.0 Å². The SMILES string of the molecule is O=C(O)c1cnc(COc2ccccc2)nc1C(F)(F)F. The highest BCUT2D eigenvalue weighted by molar-refractivity contribution is 5.88. The molecule has 0 atom stereocenters. The van der Waals surface area contributed by atoms with Crippen LogP contribution in [-0.4, -0.2) is 21.0 Å². The number of hydrogen-bond acceptors (Lipinski definition) is 4. The fourth-order valence-electron chi connectivity index (χ4n) is 1.53. The van der Waals surface area contributed by atoms with E-state index in [4.69, 9.17) is 9.84 Å². The third-order valence-electron chi connectivity index (χ3n) is 2.45. The van der Waals surface area contributed by atoms with Crippen LogP contribution in [0.15, 0.2) is 36.5 Å². The Morgan fingerprint density at radius 1 is 1.24 bits per heavy atom. The van der Waals surface area contributed by atoms with E-state index >= 15 is 0 Å². The van der Waals surface area contributed by atoms with Crippen molar-refractivity contribution >= 4 is 5.97 Å². The molecule has 0 amide bonds. The summed E-state index contributed by atoms with van der Waals surface area (Å²) in [6, 6.07) is 8.40. The molecule has 1 heterocycles. The van der Waals surface area contributed by atoms with Crippen LogP contribution in [0.5, 0.6) is 5.75 Å². The summed E-state index contributed by atoms with van der Waals surface area (Å²) in [6.45, 7) is -0.299. The van der Waals surface area contributed by atoms with Gasteiger partial charge in [-0.3, -0.25) is 0 Å². The molecular formula is C13H9F3N2O3. The minimum atomic E-state index is -4.88. The summed E-state index contributed by atoms with van der Waals surface area (Å²) in [5.41, 5.74) is -2.48. The normalized spacial score (nSPS) is 11.2. The van der Waals surface area contributed by atoms with Crippen LogP contribution in [0.25, 0.3) is 0 Å². The molecule has 0 aliphatic heterocycles. The van der Waals surface area contributed by atoms with Gasteiger partial charge in [0.25, 0.3) is 0 Å². The minimum Gasteiger partial charge on any atom is -0.486 e. The number of aromatic nitrogens is 2. The van der Waals surface area contributed by atoms with Gasteiger partial charge in [-0.1, -0.05) is 18.2 Å². The minimum absolute atomic E-state index is 0.254. The maximum atomic E-state index is 12.8. The van der Waals surface area contributed by atoms with Gasteiger partial charge in [0.15, 0.2) is 11.5 Å². The lowest BCUT2D eigenvalue weighted by atomic mass is 10.2. The molecule has 0 aliphatic carbocycles. The fraction of sp³-hybridized carbons (Fsp3) is 0.154. The topological polar surface area (TPSA) is 72.3 Å². The first-order chi connectivity index (χ1) is 9.88. The molecular weight excluding hydrogens is 289 g/mol. The average molecular weight is 298 g/mol. The van der Waals surface area contributed by atoms with Gasteiger partial charge < -0.3 is 9.84 Å². The molecule has 0 radical (unpaired) electrons. The van der Waals surface area contributed by atoms with E-state index in [-0.39, 0.29) is 12.4 Å². The van der Waals surface area contributed by atoms with Crippen LogP contribution < -0.4 is 4.74 Å². The molecule has 0 spiro atoms. The molecule has 2 rings (SSSR count). The molecule has 1 N–H and O–H groups in total. The second-order valence-electron chi connectivity index (χ2n) is 3.95. The lowest BCUT2D eigenvalue weighted by Gasteiger charge is -2.11. The van der Waals surface area contributed by atoms with Gasteiger partial charge in [0.05, 0.1) is 0 Å². The standard InChI is InChI=1S/C13H9F3N2O3/c14-13(15,16)11-9(12(19)20)6-17-10(18-11)7-21-8-4-2-1-3-5-8/h1-6H,7H2,(H,19,20). The molecule has 0 saturated heterocycles. The highest BCUT2D eigenvalue weighted by atomic mass is 19.4. The molecule has 0 fully saturated rings. The van der Waals surface area contributed by atoms with E-state index in [1.165, 1.54) is 0 Å². The zero-order chi connectivity index (χ0) is 15.5. The summed E-state index contributed by atoms with van der Waals surface area (Å²) < 4.78 is 43.5. The van der Waals surface area contributed by atoms with E-state index < -0.39 is 23.4 Å². The maximum Gasteiger partial charge on any atom is 0.434 e. The van der Waals surface area contributed by atoms with Crippen LogP contribution in [0.3, 0.4) is 0 Å². The predicted molar refractivity (Wildman–Crippen MR) is 64.8 cm³/mol. The molecule has 21 heavy (non-hydrogen) atoms. The monoisotopic (exact) mass is 298 g/mol. The summed E-state index contributed by atoms with van der Waals surface area (Å²) >= 11 is 0. The summed E-state index contributed by atoms with van der Waals surface area (Å²) in [4.78, 5) is 17.6. The molecule has 2 aromatic rings. The molecule has 1 aromatic carbocycles. The maximum absolute atomic E-state index is 12.8. The molecule has 0 saturated carbocycles. The van der Waals surface area contributed by atoms with Crippen molar-refractivity contribution < 1.29 is 27.8 Å². The second-order valence-corrected chi connectivity index (χ2v) is 3.95. The third-order valence-corrected chi connectivity index (χ3v) is 2.45. The van der Waals surface area contributed by atoms with Crippen molar-refractivity contribution in [3.05, 3.63) is 53.6 Å². The number of ether oxygens (including phenoxy) is 1. The van der Waals surface area contributed by atoms with E-state index in [1.54, 1.807) is 30.3 Å². The summed E-state index contributed by atoms with van der Waals surface area (Å²) in [7, 11) is 0. The highest BCUT2D eigenvalue weighted by Crippen LogP contribution is 2.30. The number of benzene rings is 1. The van der Waals surface area contributed by atoms with Crippen LogP contribution in [0, 0.1) is 0 Å². The number of carboxylic acids is 1. The van der Waals surface area contributed by atoms with E-state index in [1.807, 2.05) is 0 Å². The summed E-state index contributed by atoms with van der Waals surface area (Å²) in [6.07, 6.45) is -4.25. The van der Waals surface area contributed by atoms with Crippen molar-refractivity contribution in [2.45, 2.75) is 12.8 Å². The van der Waals surface area contributed by atoms with Gasteiger partial charge in [0, 0.05) is 6.20 Å². The lowest BCUT2D eigenvalue weighted by Crippen LogP contribution is -2.18. The molecule has 8 heteroatoms. The molecule has 0 bridgehead atoms. The first kappa shape index (κ1) is 14.8. The average Bonchev–Trinajstić information content (AvgIpc) is 2.45. The third kappa shape index (κ3) is 3.68. The quantitative estimate of drug-likeness (QED) is 0.939. The van der Waals surface area contributed by atoms with E-state index in [0.29, 0.717) is 11.9 Å². The van der Waals surface area contributed by atoms with Gasteiger partial charge in [0.1, 0.15) is 17.9 Å². The van der Waals surface area contributed by atoms with Crippen molar-refractivity contribution in [1.82, 2.24) is 9.97 Å². The lowest BCUT2D eigenvalue weighted by molar-refractivity contribution is -0.142. The first-order valence-corrected chi connectivity index (χ1v) is 5.72. The van der Waals surface area contributed by atoms with Crippen molar-refractivity contribution in [3.63, 3.8) is 0 Å². The van der Waals surface area contributed by atoms with Crippen molar-refractivity contribution in [1.29, 1.82) is 0 Å². The highest BCUT2D eigenvalue weighted by Gasteiger charge is 2.38. The first-order valence-electron chi connectivity index (χ1n) is 5.72. The zero-order valence-electron chi connectivity index (χ0n) is 10.5. The fourth-order valence-corrected chi connectivity index (χ4v) is 1.53. The van der Waals surface area contributed by atoms with Gasteiger partial charge in [-0.2, -0.15) is 13.2 Å². The Morgan fingerprint density at radius 3 is 2.48 bits per heavy atom. The number of alkyl halides is 3. The van der Waals surface area contributed by atoms with Gasteiger partial charge in [0.2, 0.25) is 0 Å². The van der Waals surface area contributed by atoms with Crippen molar-refractivity contribution in [2.75, 3.05) is 0 Å². The Bertz CT molecular complexity index is 645. The van der Waals surface area contributed by atoms with Gasteiger partial charge in [-0.25, -0.2) is 14.8 Å². The summed E-state index contributed by atoms with van der Waals surface area (Å²) in [5, 5.41) is 8.72. The van der Waals surface area contributed by atoms with Gasteiger partial charge >= 0.3 is 12.1 Å². The molecule has 0 aliphatic rings. The number of carbonyl (C=O) groups is 1. The number of rotatable bonds is 4. The van der Waals surface area contributed by atoms with E-state index in [0.717, 1.165) is 0 Å². The Balaban J connectivity index is 2.24. The van der Waals surface area contributed by atoms with Crippen molar-refractivity contribution in [2.24, 2.45) is 0 Å². The Morgan fingerprint density at radius 2 is 1.90 bits per heavy atom. The number of hydrogen-bond donors (Lipinski definition) is 1. The Labute approximate surface area is 117 Å². The number of para-hydroxylation sites is 1. The van der Waals surface area contributed by atoms with E-state index in [2.05, 4.69) is 9.97 Å². The number of aromatic carboxylic acids is 1. The molecule has 0 unspecified atom stereocenters. The molecule has 1 aromatic heterocycles. The van der Waals surface area contributed by atoms with Crippen LogP contribution in [0.1, 0.15) is 21.9 Å². The van der Waals surface area contributed by atoms with Crippen LogP contribution in [0.2, 0.25) is 0 Å². The smallest absolute Gasteiger partial charge is 0.434 e. The molecule has 5 nitrogen and oxygen atoms in total. The Kier molecular flexibility index (Phi) is 4.06. The number of halogens is 3. The zero-order valence-corrected chi connectivity index (χ0v) is 10.5. The van der Waals surface area contributed by atoms with Crippen molar-refractivity contribution in [3.8, 4) is 5.75 Å². The van der Waals surface area contributed by atoms with Crippen LogP contribution in [0.4, 0.5) is 13.2 Å². The Hall–Kier alpha value is -2.64. The largest absolute Gasteiger partial charge is 0.486 e. The van der Waals surface area contributed by atoms with Crippen LogP contribution in [-0.2, 0) is 12.8 Å². The number of nitrogens with zero attached hydrogens (tertiary/aromatic N) is 2. The van der Waals surface area contributed by atoms with Gasteiger partial charge in [-0.05, 0) is 12.1 Å². The summed E-state index contributed by atoms with van der Waals surface area (Å²) in [5.74, 6) is -1.55. The van der Waals surface area contributed by atoms with Crippen LogP contribution >= 0.6 is 0 Å². The predicted octanol–water partition coefficient (Wildman–Crippen LogP) is 2.77.